The van der Waals surface area contributed by atoms with Gasteiger partial charge in [-0.1, -0.05) is 6.07 Å². The molecule has 0 saturated heterocycles. The van der Waals surface area contributed by atoms with E-state index in [1.54, 1.807) is 29.8 Å². The molecular formula is C27H27N7O5. The van der Waals surface area contributed by atoms with Crippen molar-refractivity contribution >= 4 is 22.8 Å². The third-order valence-corrected chi connectivity index (χ3v) is 6.36. The Labute approximate surface area is 223 Å². The van der Waals surface area contributed by atoms with Gasteiger partial charge in [-0.05, 0) is 56.2 Å². The fourth-order valence-corrected chi connectivity index (χ4v) is 4.20. The van der Waals surface area contributed by atoms with E-state index in [4.69, 9.17) is 14.2 Å². The van der Waals surface area contributed by atoms with Gasteiger partial charge in [-0.25, -0.2) is 4.68 Å². The van der Waals surface area contributed by atoms with E-state index in [2.05, 4.69) is 25.5 Å². The van der Waals surface area contributed by atoms with Crippen molar-refractivity contribution in [2.45, 2.75) is 20.8 Å². The fraction of sp³-hybridized carbons (Fsp3) is 0.222. The van der Waals surface area contributed by atoms with Gasteiger partial charge < -0.3 is 19.5 Å². The maximum atomic E-state index is 13.3. The first-order valence-corrected chi connectivity index (χ1v) is 12.0. The molecule has 0 aliphatic carbocycles. The fourth-order valence-electron chi connectivity index (χ4n) is 4.20. The summed E-state index contributed by atoms with van der Waals surface area (Å²) in [5.74, 6) is 0.995. The highest BCUT2D eigenvalue weighted by Gasteiger charge is 2.20. The van der Waals surface area contributed by atoms with Crippen LogP contribution in [0.5, 0.6) is 17.2 Å². The van der Waals surface area contributed by atoms with E-state index in [9.17, 15) is 9.59 Å². The highest BCUT2D eigenvalue weighted by molar-refractivity contribution is 6.04. The van der Waals surface area contributed by atoms with E-state index >= 15 is 0 Å². The van der Waals surface area contributed by atoms with Crippen molar-refractivity contribution < 1.29 is 19.0 Å². The molecule has 39 heavy (non-hydrogen) atoms. The summed E-state index contributed by atoms with van der Waals surface area (Å²) in [5, 5.41) is 12.0. The van der Waals surface area contributed by atoms with Crippen LogP contribution in [-0.4, -0.2) is 56.8 Å². The highest BCUT2D eigenvalue weighted by Crippen LogP contribution is 2.38. The summed E-state index contributed by atoms with van der Waals surface area (Å²) >= 11 is 0. The molecule has 0 fully saturated rings. The van der Waals surface area contributed by atoms with Gasteiger partial charge in [-0.2, -0.15) is 19.9 Å². The second kappa shape index (κ2) is 9.97. The lowest BCUT2D eigenvalue weighted by Crippen LogP contribution is -2.19. The van der Waals surface area contributed by atoms with Gasteiger partial charge in [0, 0.05) is 11.6 Å². The van der Waals surface area contributed by atoms with E-state index in [0.29, 0.717) is 39.8 Å². The van der Waals surface area contributed by atoms with Crippen LogP contribution in [0.4, 0.5) is 5.82 Å². The molecule has 2 N–H and O–H groups in total. The molecule has 1 amide bonds. The summed E-state index contributed by atoms with van der Waals surface area (Å²) in [6.45, 7) is 5.79. The van der Waals surface area contributed by atoms with Crippen molar-refractivity contribution in [3.8, 4) is 28.9 Å². The Hall–Kier alpha value is -5.13. The Morgan fingerprint density at radius 2 is 1.64 bits per heavy atom. The monoisotopic (exact) mass is 529 g/mol. The summed E-state index contributed by atoms with van der Waals surface area (Å²) in [6, 6.07) is 10.6. The number of nitrogens with one attached hydrogen (secondary N) is 2. The van der Waals surface area contributed by atoms with Crippen LogP contribution in [0.2, 0.25) is 0 Å². The first kappa shape index (κ1) is 25.5. The minimum absolute atomic E-state index is 0.117. The zero-order chi connectivity index (χ0) is 27.8. The quantitative estimate of drug-likeness (QED) is 0.327. The second-order valence-electron chi connectivity index (χ2n) is 8.90. The molecule has 0 atom stereocenters. The summed E-state index contributed by atoms with van der Waals surface area (Å²) in [4.78, 5) is 33.7. The Balaban J connectivity index is 1.56. The number of hydrogen-bond acceptors (Lipinski definition) is 8. The molecule has 2 aromatic carbocycles. The third-order valence-electron chi connectivity index (χ3n) is 6.36. The average molecular weight is 530 g/mol. The molecule has 0 saturated carbocycles. The summed E-state index contributed by atoms with van der Waals surface area (Å²) in [6.07, 6.45) is 1.47. The van der Waals surface area contributed by atoms with Gasteiger partial charge in [0.2, 0.25) is 11.7 Å². The standard InChI is InChI=1S/C27H27N7O5/c1-14-7-8-18(9-15(14)2)33-24-19(13-28-33)26(36)31-27(30-24)34-22(10-16(3)32-34)29-25(35)17-11-20(37-4)23(39-6)21(12-17)38-5/h7-13H,1-6H3,(H,29,35)(H,30,31,36). The van der Waals surface area contributed by atoms with Crippen molar-refractivity contribution in [2.24, 2.45) is 0 Å². The Morgan fingerprint density at radius 1 is 0.923 bits per heavy atom. The molecule has 0 bridgehead atoms. The predicted octanol–water partition coefficient (Wildman–Crippen LogP) is 3.50. The van der Waals surface area contributed by atoms with Gasteiger partial charge >= 0.3 is 0 Å². The molecule has 0 spiro atoms. The van der Waals surface area contributed by atoms with Gasteiger partial charge in [0.1, 0.15) is 11.2 Å². The highest BCUT2D eigenvalue weighted by atomic mass is 16.5. The Kier molecular flexibility index (Phi) is 6.52. The summed E-state index contributed by atoms with van der Waals surface area (Å²) < 4.78 is 19.0. The molecule has 0 unspecified atom stereocenters. The first-order valence-electron chi connectivity index (χ1n) is 12.0. The van der Waals surface area contributed by atoms with Gasteiger partial charge in [0.05, 0.1) is 38.9 Å². The maximum Gasteiger partial charge on any atom is 0.263 e. The molecule has 3 aromatic heterocycles. The zero-order valence-corrected chi connectivity index (χ0v) is 22.3. The van der Waals surface area contributed by atoms with E-state index in [0.717, 1.165) is 16.8 Å². The van der Waals surface area contributed by atoms with E-state index < -0.39 is 5.91 Å². The van der Waals surface area contributed by atoms with Crippen molar-refractivity contribution in [1.29, 1.82) is 0 Å². The van der Waals surface area contributed by atoms with Crippen LogP contribution < -0.4 is 25.1 Å². The molecule has 200 valence electrons. The summed E-state index contributed by atoms with van der Waals surface area (Å²) in [5.41, 5.74) is 3.82. The number of carbonyl (C=O) groups excluding carboxylic acids is 1. The Bertz CT molecular complexity index is 1760. The van der Waals surface area contributed by atoms with Crippen molar-refractivity contribution in [3.05, 3.63) is 75.3 Å². The number of amides is 1. The number of benzene rings is 2. The van der Waals surface area contributed by atoms with Crippen LogP contribution in [0.1, 0.15) is 27.2 Å². The van der Waals surface area contributed by atoms with Crippen molar-refractivity contribution in [1.82, 2.24) is 29.5 Å². The molecule has 0 aliphatic rings. The number of aromatic nitrogens is 6. The van der Waals surface area contributed by atoms with Gasteiger partial charge in [-0.3, -0.25) is 14.6 Å². The van der Waals surface area contributed by atoms with Crippen LogP contribution in [0.3, 0.4) is 0 Å². The number of fused-ring (bicyclic) bond motifs is 1. The predicted molar refractivity (Wildman–Crippen MR) is 145 cm³/mol. The number of anilines is 1. The SMILES string of the molecule is COc1cc(C(=O)Nc2cc(C)nn2-c2nc3c(cnn3-c3ccc(C)c(C)c3)c(=O)[nH]2)cc(OC)c1OC. The lowest BCUT2D eigenvalue weighted by atomic mass is 10.1. The molecule has 0 radical (unpaired) electrons. The number of H-pyrrole nitrogens is 1. The maximum absolute atomic E-state index is 13.3. The number of rotatable bonds is 7. The van der Waals surface area contributed by atoms with Crippen LogP contribution in [0.15, 0.2) is 47.4 Å². The topological polar surface area (TPSA) is 138 Å². The second-order valence-corrected chi connectivity index (χ2v) is 8.90. The van der Waals surface area contributed by atoms with Crippen molar-refractivity contribution in [2.75, 3.05) is 26.6 Å². The number of hydrogen-bond donors (Lipinski definition) is 2. The van der Waals surface area contributed by atoms with E-state index in [1.807, 2.05) is 32.0 Å². The first-order chi connectivity index (χ1) is 18.7. The zero-order valence-electron chi connectivity index (χ0n) is 22.3. The van der Waals surface area contributed by atoms with Crippen LogP contribution in [0, 0.1) is 20.8 Å². The van der Waals surface area contributed by atoms with Gasteiger partial charge in [0.15, 0.2) is 17.1 Å². The number of carbonyl (C=O) groups is 1. The van der Waals surface area contributed by atoms with Crippen molar-refractivity contribution in [3.63, 3.8) is 0 Å². The lowest BCUT2D eigenvalue weighted by molar-refractivity contribution is 0.102. The average Bonchev–Trinajstić information content (AvgIpc) is 3.52. The van der Waals surface area contributed by atoms with E-state index in [-0.39, 0.29) is 17.1 Å². The number of aromatic amines is 1. The van der Waals surface area contributed by atoms with E-state index in [1.165, 1.54) is 32.2 Å². The summed E-state index contributed by atoms with van der Waals surface area (Å²) in [7, 11) is 4.42. The molecule has 3 heterocycles. The third kappa shape index (κ3) is 4.56. The number of nitrogens with zero attached hydrogens (tertiary/aromatic N) is 5. The van der Waals surface area contributed by atoms with Gasteiger partial charge in [0.25, 0.3) is 11.5 Å². The number of ether oxygens (including phenoxy) is 3. The minimum Gasteiger partial charge on any atom is -0.493 e. The van der Waals surface area contributed by atoms with Crippen LogP contribution >= 0.6 is 0 Å². The Morgan fingerprint density at radius 3 is 2.28 bits per heavy atom. The molecular weight excluding hydrogens is 502 g/mol. The molecule has 5 rings (SSSR count). The largest absolute Gasteiger partial charge is 0.493 e. The van der Waals surface area contributed by atoms with Crippen LogP contribution in [-0.2, 0) is 0 Å². The number of aryl methyl sites for hydroxylation is 3. The normalized spacial score (nSPS) is 11.0. The van der Waals surface area contributed by atoms with Gasteiger partial charge in [-0.15, -0.1) is 0 Å². The lowest BCUT2D eigenvalue weighted by Gasteiger charge is -2.14. The minimum atomic E-state index is -0.459. The number of methoxy groups -OCH3 is 3. The molecule has 0 aliphatic heterocycles. The van der Waals surface area contributed by atoms with Crippen LogP contribution in [0.25, 0.3) is 22.7 Å². The molecule has 12 nitrogen and oxygen atoms in total. The molecule has 12 heteroatoms. The smallest absolute Gasteiger partial charge is 0.263 e. The molecule has 5 aromatic rings.